The van der Waals surface area contributed by atoms with Crippen molar-refractivity contribution in [3.8, 4) is 5.75 Å². The summed E-state index contributed by atoms with van der Waals surface area (Å²) < 4.78 is 16.4. The molecule has 2 aromatic carbocycles. The van der Waals surface area contributed by atoms with Crippen LogP contribution in [0.4, 0.5) is 5.69 Å². The minimum atomic E-state index is -0.840. The summed E-state index contributed by atoms with van der Waals surface area (Å²) in [6.07, 6.45) is 0.940. The molecular weight excluding hydrogens is 410 g/mol. The molecule has 0 heterocycles. The van der Waals surface area contributed by atoms with Gasteiger partial charge in [-0.2, -0.15) is 0 Å². The van der Waals surface area contributed by atoms with Gasteiger partial charge in [0.1, 0.15) is 11.2 Å². The van der Waals surface area contributed by atoms with Crippen molar-refractivity contribution in [1.29, 1.82) is 0 Å². The highest BCUT2D eigenvalue weighted by molar-refractivity contribution is 6.05. The van der Waals surface area contributed by atoms with E-state index in [1.54, 1.807) is 90.1 Å². The minimum absolute atomic E-state index is 0.164. The maximum atomic E-state index is 12.7. The van der Waals surface area contributed by atoms with E-state index in [0.717, 1.165) is 6.08 Å². The third-order valence-electron chi connectivity index (χ3n) is 3.65. The topological polar surface area (TPSA) is 90.9 Å². The Morgan fingerprint density at radius 1 is 0.781 bits per heavy atom. The van der Waals surface area contributed by atoms with E-state index in [0.29, 0.717) is 11.3 Å². The van der Waals surface area contributed by atoms with Gasteiger partial charge in [0.25, 0.3) is 5.91 Å². The Kier molecular flexibility index (Phi) is 7.81. The summed E-state index contributed by atoms with van der Waals surface area (Å²) >= 11 is 0. The molecule has 0 aliphatic heterocycles. The highest BCUT2D eigenvalue weighted by Gasteiger charge is 2.25. The number of rotatable bonds is 6. The van der Waals surface area contributed by atoms with Crippen molar-refractivity contribution in [2.75, 3.05) is 5.32 Å². The zero-order valence-corrected chi connectivity index (χ0v) is 19.2. The Morgan fingerprint density at radius 2 is 1.34 bits per heavy atom. The third kappa shape index (κ3) is 8.26. The van der Waals surface area contributed by atoms with E-state index < -0.39 is 23.1 Å². The molecule has 0 fully saturated rings. The molecule has 0 unspecified atom stereocenters. The predicted octanol–water partition coefficient (Wildman–Crippen LogP) is 4.89. The summed E-state index contributed by atoms with van der Waals surface area (Å²) in [7, 11) is 0. The summed E-state index contributed by atoms with van der Waals surface area (Å²) in [5.74, 6) is -2.15. The second kappa shape index (κ2) is 10.1. The van der Waals surface area contributed by atoms with Crippen LogP contribution in [0.5, 0.6) is 5.75 Å². The molecule has 32 heavy (non-hydrogen) atoms. The molecule has 0 aromatic heterocycles. The van der Waals surface area contributed by atoms with Crippen LogP contribution in [0.15, 0.2) is 66.4 Å². The summed E-state index contributed by atoms with van der Waals surface area (Å²) in [4.78, 5) is 37.6. The van der Waals surface area contributed by atoms with Gasteiger partial charge >= 0.3 is 11.9 Å². The average molecular weight is 440 g/mol. The van der Waals surface area contributed by atoms with Gasteiger partial charge in [0.05, 0.1) is 11.8 Å². The van der Waals surface area contributed by atoms with Crippen molar-refractivity contribution >= 4 is 23.5 Å². The van der Waals surface area contributed by atoms with Crippen molar-refractivity contribution < 1.29 is 28.6 Å². The molecule has 2 rings (SSSR count). The first-order valence-corrected chi connectivity index (χ1v) is 10.2. The number of anilines is 1. The smallest absolute Gasteiger partial charge is 0.375 e. The summed E-state index contributed by atoms with van der Waals surface area (Å²) in [6.45, 7) is 10.2. The Balaban J connectivity index is 2.33. The molecule has 1 N–H and O–H groups in total. The minimum Gasteiger partial charge on any atom is -0.457 e. The Morgan fingerprint density at radius 3 is 1.94 bits per heavy atom. The lowest BCUT2D eigenvalue weighted by Gasteiger charge is -2.22. The SMILES string of the molecule is CC(C)(C)OC(=O)/C=C(/Oc1ccccc1NC(=O)c1ccccc1)C(=O)OC(C)(C)C. The van der Waals surface area contributed by atoms with Gasteiger partial charge in [0.15, 0.2) is 5.75 Å². The zero-order chi connectivity index (χ0) is 23.9. The van der Waals surface area contributed by atoms with Crippen LogP contribution >= 0.6 is 0 Å². The Hall–Kier alpha value is -3.61. The van der Waals surface area contributed by atoms with Gasteiger partial charge in [-0.05, 0) is 65.8 Å². The molecule has 0 aliphatic rings. The van der Waals surface area contributed by atoms with Crippen LogP contribution in [0.1, 0.15) is 51.9 Å². The van der Waals surface area contributed by atoms with E-state index in [2.05, 4.69) is 5.32 Å². The summed E-state index contributed by atoms with van der Waals surface area (Å²) in [6, 6.07) is 15.2. The molecule has 7 nitrogen and oxygen atoms in total. The third-order valence-corrected chi connectivity index (χ3v) is 3.65. The van der Waals surface area contributed by atoms with Crippen molar-refractivity contribution in [2.24, 2.45) is 0 Å². The number of hydrogen-bond acceptors (Lipinski definition) is 6. The van der Waals surface area contributed by atoms with Gasteiger partial charge in [-0.25, -0.2) is 9.59 Å². The van der Waals surface area contributed by atoms with E-state index in [1.807, 2.05) is 6.07 Å². The van der Waals surface area contributed by atoms with E-state index >= 15 is 0 Å². The monoisotopic (exact) mass is 439 g/mol. The first kappa shape index (κ1) is 24.7. The molecule has 7 heteroatoms. The maximum absolute atomic E-state index is 12.7. The molecule has 1 amide bonds. The van der Waals surface area contributed by atoms with E-state index in [1.165, 1.54) is 0 Å². The summed E-state index contributed by atoms with van der Waals surface area (Å²) in [5.41, 5.74) is -0.790. The first-order chi connectivity index (χ1) is 14.8. The number of hydrogen-bond donors (Lipinski definition) is 1. The van der Waals surface area contributed by atoms with E-state index in [4.69, 9.17) is 14.2 Å². The maximum Gasteiger partial charge on any atom is 0.375 e. The van der Waals surface area contributed by atoms with Crippen LogP contribution in [0, 0.1) is 0 Å². The zero-order valence-electron chi connectivity index (χ0n) is 19.2. The number of nitrogens with one attached hydrogen (secondary N) is 1. The number of amides is 1. The normalized spacial score (nSPS) is 12.0. The number of ether oxygens (including phenoxy) is 3. The molecule has 0 atom stereocenters. The molecule has 0 saturated heterocycles. The number of esters is 2. The fourth-order valence-corrected chi connectivity index (χ4v) is 2.46. The molecule has 2 aromatic rings. The van der Waals surface area contributed by atoms with Crippen LogP contribution < -0.4 is 10.1 Å². The van der Waals surface area contributed by atoms with Crippen LogP contribution in [0.25, 0.3) is 0 Å². The Bertz CT molecular complexity index is 997. The molecule has 0 spiro atoms. The fourth-order valence-electron chi connectivity index (χ4n) is 2.46. The molecule has 0 bridgehead atoms. The molecular formula is C25H29NO6. The van der Waals surface area contributed by atoms with Gasteiger partial charge in [-0.15, -0.1) is 0 Å². The van der Waals surface area contributed by atoms with Crippen molar-refractivity contribution in [2.45, 2.75) is 52.7 Å². The van der Waals surface area contributed by atoms with Gasteiger partial charge in [-0.3, -0.25) is 4.79 Å². The number of benzene rings is 2. The second-order valence-corrected chi connectivity index (χ2v) is 8.96. The van der Waals surface area contributed by atoms with Crippen LogP contribution in [-0.4, -0.2) is 29.0 Å². The van der Waals surface area contributed by atoms with Crippen LogP contribution in [-0.2, 0) is 19.1 Å². The molecule has 0 saturated carbocycles. The Labute approximate surface area is 188 Å². The van der Waals surface area contributed by atoms with Gasteiger partial charge in [-0.1, -0.05) is 30.3 Å². The van der Waals surface area contributed by atoms with E-state index in [-0.39, 0.29) is 17.4 Å². The largest absolute Gasteiger partial charge is 0.457 e. The average Bonchev–Trinajstić information content (AvgIpc) is 2.66. The lowest BCUT2D eigenvalue weighted by Crippen LogP contribution is -2.28. The first-order valence-electron chi connectivity index (χ1n) is 10.2. The lowest BCUT2D eigenvalue weighted by atomic mass is 10.2. The van der Waals surface area contributed by atoms with Crippen molar-refractivity contribution in [3.63, 3.8) is 0 Å². The number of carbonyl (C=O) groups is 3. The standard InChI is InChI=1S/C25H29NO6/c1-24(2,3)31-21(27)16-20(23(29)32-25(4,5)6)30-19-15-11-10-14-18(19)26-22(28)17-12-8-7-9-13-17/h7-16H,1-6H3,(H,26,28)/b20-16+. The second-order valence-electron chi connectivity index (χ2n) is 8.96. The molecule has 0 aliphatic carbocycles. The van der Waals surface area contributed by atoms with Gasteiger partial charge in [0.2, 0.25) is 5.76 Å². The van der Waals surface area contributed by atoms with Crippen LogP contribution in [0.3, 0.4) is 0 Å². The lowest BCUT2D eigenvalue weighted by molar-refractivity contribution is -0.154. The van der Waals surface area contributed by atoms with Crippen molar-refractivity contribution in [1.82, 2.24) is 0 Å². The van der Waals surface area contributed by atoms with E-state index in [9.17, 15) is 14.4 Å². The van der Waals surface area contributed by atoms with Gasteiger partial charge < -0.3 is 19.5 Å². The van der Waals surface area contributed by atoms with Gasteiger partial charge in [0, 0.05) is 5.56 Å². The fraction of sp³-hybridized carbons (Fsp3) is 0.320. The summed E-state index contributed by atoms with van der Waals surface area (Å²) in [5, 5.41) is 2.75. The number of para-hydroxylation sites is 2. The highest BCUT2D eigenvalue weighted by atomic mass is 16.6. The van der Waals surface area contributed by atoms with Crippen LogP contribution in [0.2, 0.25) is 0 Å². The molecule has 170 valence electrons. The quantitative estimate of drug-likeness (QED) is 0.392. The van der Waals surface area contributed by atoms with Crippen molar-refractivity contribution in [3.05, 3.63) is 72.0 Å². The predicted molar refractivity (Wildman–Crippen MR) is 121 cm³/mol. The molecule has 0 radical (unpaired) electrons. The number of carbonyl (C=O) groups excluding carboxylic acids is 3. The highest BCUT2D eigenvalue weighted by Crippen LogP contribution is 2.27.